The molecule has 0 aliphatic rings. The Hall–Kier alpha value is -2.53. The zero-order valence-corrected chi connectivity index (χ0v) is 15.4. The molecule has 0 aliphatic heterocycles. The molecular formula is C20H21NO3S. The Kier molecular flexibility index (Phi) is 6.83. The van der Waals surface area contributed by atoms with Crippen LogP contribution in [-0.2, 0) is 14.3 Å². The van der Waals surface area contributed by atoms with Crippen LogP contribution in [0.5, 0.6) is 0 Å². The summed E-state index contributed by atoms with van der Waals surface area (Å²) in [6, 6.07) is 13.5. The van der Waals surface area contributed by atoms with Crippen molar-refractivity contribution in [1.82, 2.24) is 0 Å². The summed E-state index contributed by atoms with van der Waals surface area (Å²) in [5, 5.41) is 2.72. The molecule has 2 aromatic carbocycles. The lowest BCUT2D eigenvalue weighted by molar-refractivity contribution is -0.142. The molecule has 0 aliphatic carbocycles. The largest absolute Gasteiger partial charge is 0.452 e. The second-order valence-electron chi connectivity index (χ2n) is 5.64. The number of anilines is 1. The number of ether oxygens (including phenoxy) is 1. The average molecular weight is 355 g/mol. The molecule has 25 heavy (non-hydrogen) atoms. The molecule has 0 saturated carbocycles. The second kappa shape index (κ2) is 9.08. The SMILES string of the molecule is CSc1ccc(/C=C/C(=O)OCC(=O)Nc2cc(C)cc(C)c2)cc1. The third kappa shape index (κ3) is 6.47. The summed E-state index contributed by atoms with van der Waals surface area (Å²) < 4.78 is 4.96. The molecule has 2 aromatic rings. The first-order valence-electron chi connectivity index (χ1n) is 7.83. The minimum absolute atomic E-state index is 0.318. The molecule has 0 unspecified atom stereocenters. The molecule has 0 spiro atoms. The van der Waals surface area contributed by atoms with Crippen LogP contribution in [0.2, 0.25) is 0 Å². The molecule has 4 nitrogen and oxygen atoms in total. The van der Waals surface area contributed by atoms with Crippen LogP contribution in [0.25, 0.3) is 6.08 Å². The van der Waals surface area contributed by atoms with Gasteiger partial charge in [0.05, 0.1) is 0 Å². The summed E-state index contributed by atoms with van der Waals surface area (Å²) in [4.78, 5) is 24.7. The van der Waals surface area contributed by atoms with Gasteiger partial charge >= 0.3 is 5.97 Å². The van der Waals surface area contributed by atoms with Crippen LogP contribution >= 0.6 is 11.8 Å². The van der Waals surface area contributed by atoms with Crippen LogP contribution in [0.4, 0.5) is 5.69 Å². The molecule has 0 heterocycles. The van der Waals surface area contributed by atoms with E-state index in [2.05, 4.69) is 5.32 Å². The minimum Gasteiger partial charge on any atom is -0.452 e. The Morgan fingerprint density at radius 3 is 2.32 bits per heavy atom. The standard InChI is InChI=1S/C20H21NO3S/c1-14-10-15(2)12-17(11-14)21-19(22)13-24-20(23)9-6-16-4-7-18(25-3)8-5-16/h4-12H,13H2,1-3H3,(H,21,22)/b9-6+. The molecule has 2 rings (SSSR count). The Morgan fingerprint density at radius 1 is 1.08 bits per heavy atom. The number of esters is 1. The van der Waals surface area contributed by atoms with E-state index in [-0.39, 0.29) is 12.5 Å². The van der Waals surface area contributed by atoms with Crippen molar-refractivity contribution in [2.45, 2.75) is 18.7 Å². The van der Waals surface area contributed by atoms with Crippen LogP contribution in [-0.4, -0.2) is 24.7 Å². The first kappa shape index (κ1) is 18.8. The molecule has 5 heteroatoms. The number of carbonyl (C=O) groups excluding carboxylic acids is 2. The van der Waals surface area contributed by atoms with E-state index in [1.165, 1.54) is 6.08 Å². The Morgan fingerprint density at radius 2 is 1.72 bits per heavy atom. The Balaban J connectivity index is 1.82. The number of aryl methyl sites for hydroxylation is 2. The van der Waals surface area contributed by atoms with E-state index in [1.807, 2.05) is 62.6 Å². The van der Waals surface area contributed by atoms with E-state index in [0.29, 0.717) is 5.69 Å². The topological polar surface area (TPSA) is 55.4 Å². The van der Waals surface area contributed by atoms with Gasteiger partial charge < -0.3 is 10.1 Å². The lowest BCUT2D eigenvalue weighted by Crippen LogP contribution is -2.20. The van der Waals surface area contributed by atoms with Crippen LogP contribution in [0.1, 0.15) is 16.7 Å². The van der Waals surface area contributed by atoms with Crippen molar-refractivity contribution in [3.05, 3.63) is 65.2 Å². The number of thioether (sulfide) groups is 1. The minimum atomic E-state index is -0.551. The summed E-state index contributed by atoms with van der Waals surface area (Å²) in [5.41, 5.74) is 3.71. The van der Waals surface area contributed by atoms with Gasteiger partial charge in [-0.25, -0.2) is 4.79 Å². The highest BCUT2D eigenvalue weighted by Gasteiger charge is 2.06. The van der Waals surface area contributed by atoms with Crippen LogP contribution in [0.3, 0.4) is 0 Å². The molecule has 0 bridgehead atoms. The van der Waals surface area contributed by atoms with Gasteiger partial charge in [0, 0.05) is 16.7 Å². The fourth-order valence-electron chi connectivity index (χ4n) is 2.31. The molecule has 0 aromatic heterocycles. The van der Waals surface area contributed by atoms with Gasteiger partial charge in [0.2, 0.25) is 0 Å². The van der Waals surface area contributed by atoms with E-state index in [9.17, 15) is 9.59 Å². The van der Waals surface area contributed by atoms with Gasteiger partial charge in [0.15, 0.2) is 6.61 Å². The molecule has 1 N–H and O–H groups in total. The fourth-order valence-corrected chi connectivity index (χ4v) is 2.72. The Bertz CT molecular complexity index is 762. The van der Waals surface area contributed by atoms with Gasteiger partial charge in [-0.05, 0) is 67.1 Å². The highest BCUT2D eigenvalue weighted by molar-refractivity contribution is 7.98. The smallest absolute Gasteiger partial charge is 0.331 e. The van der Waals surface area contributed by atoms with Gasteiger partial charge in [0.1, 0.15) is 0 Å². The highest BCUT2D eigenvalue weighted by atomic mass is 32.2. The zero-order valence-electron chi connectivity index (χ0n) is 14.5. The van der Waals surface area contributed by atoms with Crippen LogP contribution < -0.4 is 5.32 Å². The van der Waals surface area contributed by atoms with E-state index >= 15 is 0 Å². The number of nitrogens with one attached hydrogen (secondary N) is 1. The quantitative estimate of drug-likeness (QED) is 0.479. The first-order valence-corrected chi connectivity index (χ1v) is 9.06. The normalized spacial score (nSPS) is 10.7. The van der Waals surface area contributed by atoms with Crippen molar-refractivity contribution in [3.8, 4) is 0 Å². The summed E-state index contributed by atoms with van der Waals surface area (Å²) in [6.45, 7) is 3.60. The molecule has 0 saturated heterocycles. The summed E-state index contributed by atoms with van der Waals surface area (Å²) in [6.07, 6.45) is 4.98. The van der Waals surface area contributed by atoms with Crippen LogP contribution in [0.15, 0.2) is 53.4 Å². The monoisotopic (exact) mass is 355 g/mol. The zero-order chi connectivity index (χ0) is 18.2. The van der Waals surface area contributed by atoms with Crippen molar-refractivity contribution in [2.24, 2.45) is 0 Å². The summed E-state index contributed by atoms with van der Waals surface area (Å²) in [5.74, 6) is -0.916. The number of hydrogen-bond donors (Lipinski definition) is 1. The van der Waals surface area contributed by atoms with E-state index < -0.39 is 5.97 Å². The van der Waals surface area contributed by atoms with Gasteiger partial charge in [-0.1, -0.05) is 18.2 Å². The molecule has 0 fully saturated rings. The van der Waals surface area contributed by atoms with Crippen molar-refractivity contribution in [3.63, 3.8) is 0 Å². The summed E-state index contributed by atoms with van der Waals surface area (Å²) >= 11 is 1.66. The molecular weight excluding hydrogens is 334 g/mol. The van der Waals surface area contributed by atoms with Crippen molar-refractivity contribution in [2.75, 3.05) is 18.2 Å². The number of carbonyl (C=O) groups is 2. The van der Waals surface area contributed by atoms with Crippen molar-refractivity contribution in [1.29, 1.82) is 0 Å². The number of benzene rings is 2. The van der Waals surface area contributed by atoms with Crippen molar-refractivity contribution >= 4 is 35.4 Å². The predicted molar refractivity (Wildman–Crippen MR) is 103 cm³/mol. The second-order valence-corrected chi connectivity index (χ2v) is 6.52. The highest BCUT2D eigenvalue weighted by Crippen LogP contribution is 2.15. The molecule has 0 radical (unpaired) electrons. The maximum absolute atomic E-state index is 11.9. The maximum Gasteiger partial charge on any atom is 0.331 e. The van der Waals surface area contributed by atoms with Gasteiger partial charge in [-0.3, -0.25) is 4.79 Å². The first-order chi connectivity index (χ1) is 12.0. The third-order valence-corrected chi connectivity index (χ3v) is 4.12. The summed E-state index contributed by atoms with van der Waals surface area (Å²) in [7, 11) is 0. The Labute approximate surface area is 152 Å². The number of amides is 1. The fraction of sp³-hybridized carbons (Fsp3) is 0.200. The van der Waals surface area contributed by atoms with Crippen LogP contribution in [0, 0.1) is 13.8 Å². The molecule has 130 valence electrons. The van der Waals surface area contributed by atoms with Crippen molar-refractivity contribution < 1.29 is 14.3 Å². The lowest BCUT2D eigenvalue weighted by Gasteiger charge is -2.07. The van der Waals surface area contributed by atoms with Gasteiger partial charge in [-0.2, -0.15) is 0 Å². The number of rotatable bonds is 6. The molecule has 1 amide bonds. The van der Waals surface area contributed by atoms with Gasteiger partial charge in [0.25, 0.3) is 5.91 Å². The van der Waals surface area contributed by atoms with E-state index in [4.69, 9.17) is 4.74 Å². The molecule has 0 atom stereocenters. The number of hydrogen-bond acceptors (Lipinski definition) is 4. The maximum atomic E-state index is 11.9. The third-order valence-electron chi connectivity index (χ3n) is 3.38. The average Bonchev–Trinajstić information content (AvgIpc) is 2.57. The van der Waals surface area contributed by atoms with E-state index in [1.54, 1.807) is 17.8 Å². The predicted octanol–water partition coefficient (Wildman–Crippen LogP) is 4.22. The van der Waals surface area contributed by atoms with Gasteiger partial charge in [-0.15, -0.1) is 11.8 Å². The lowest BCUT2D eigenvalue weighted by atomic mass is 10.1. The van der Waals surface area contributed by atoms with E-state index in [0.717, 1.165) is 21.6 Å².